The summed E-state index contributed by atoms with van der Waals surface area (Å²) < 4.78 is 2.45. The molecular weight excluding hydrogens is 921 g/mol. The molecule has 0 atom stereocenters. The maximum atomic E-state index is 4.62. The van der Waals surface area contributed by atoms with Gasteiger partial charge in [0.1, 0.15) is 0 Å². The number of fused-ring (bicyclic) bond motifs is 6. The third-order valence-electron chi connectivity index (χ3n) is 15.1. The van der Waals surface area contributed by atoms with Crippen LogP contribution in [0.25, 0.3) is 67.0 Å². The Morgan fingerprint density at radius 3 is 1.68 bits per heavy atom. The van der Waals surface area contributed by atoms with E-state index in [0.29, 0.717) is 0 Å². The molecule has 4 heteroatoms. The van der Waals surface area contributed by atoms with Crippen LogP contribution < -0.4 is 14.7 Å². The number of allylic oxidation sites excluding steroid dienone is 6. The maximum Gasteiger partial charge on any atom is 0.0540 e. The Balaban J connectivity index is 0.899. The first-order valence-corrected chi connectivity index (χ1v) is 26.0. The van der Waals surface area contributed by atoms with Crippen molar-refractivity contribution in [3.8, 4) is 16.8 Å². The Kier molecular flexibility index (Phi) is 11.8. The first-order chi connectivity index (χ1) is 37.5. The van der Waals surface area contributed by atoms with Crippen LogP contribution in [0, 0.1) is 0 Å². The fourth-order valence-electron chi connectivity index (χ4n) is 11.4. The van der Waals surface area contributed by atoms with Gasteiger partial charge in [0.05, 0.1) is 22.6 Å². The van der Waals surface area contributed by atoms with Crippen molar-refractivity contribution in [2.75, 3.05) is 14.7 Å². The summed E-state index contributed by atoms with van der Waals surface area (Å²) in [6.45, 7) is 12.9. The Labute approximate surface area is 445 Å². The molecule has 0 saturated carbocycles. The second-order valence-electron chi connectivity index (χ2n) is 19.5. The van der Waals surface area contributed by atoms with Crippen molar-refractivity contribution >= 4 is 90.0 Å². The standard InChI is InChI=1S/C72H54N4/c1-4-51-30-41-71-66(47-51)67-49-62(40-43-72(67)76(71)58-24-10-7-11-25-58)75(70-29-17-21-56-19-13-15-27-64(56)70)60-37-33-54(34-38-60)53-31-35-59(36-32-53)74(69-28-16-20-55-18-12-14-26-63(55)69)61-39-42-68-65(48-61)50(3)46-52(5-2)44-45-73(68)57-22-8-6-9-23-57/h4-39,41-42,44-49H,1-3,40,43H2/b45-44-,52-46-. The Morgan fingerprint density at radius 1 is 0.461 bits per heavy atom. The first-order valence-electron chi connectivity index (χ1n) is 26.0. The molecule has 0 radical (unpaired) electrons. The van der Waals surface area contributed by atoms with Crippen molar-refractivity contribution in [1.29, 1.82) is 0 Å². The molecule has 0 fully saturated rings. The molecule has 11 aromatic rings. The van der Waals surface area contributed by atoms with Gasteiger partial charge in [0.15, 0.2) is 0 Å². The lowest BCUT2D eigenvalue weighted by Crippen LogP contribution is -2.20. The number of rotatable bonds is 11. The zero-order valence-corrected chi connectivity index (χ0v) is 42.2. The highest BCUT2D eigenvalue weighted by Crippen LogP contribution is 2.46. The lowest BCUT2D eigenvalue weighted by atomic mass is 9.96. The van der Waals surface area contributed by atoms with Crippen molar-refractivity contribution in [2.45, 2.75) is 12.8 Å². The molecule has 1 aliphatic heterocycles. The zero-order chi connectivity index (χ0) is 51.1. The van der Waals surface area contributed by atoms with E-state index < -0.39 is 0 Å². The van der Waals surface area contributed by atoms with Gasteiger partial charge in [-0.2, -0.15) is 0 Å². The van der Waals surface area contributed by atoms with E-state index in [2.05, 4.69) is 294 Å². The monoisotopic (exact) mass is 974 g/mol. The van der Waals surface area contributed by atoms with Gasteiger partial charge in [-0.1, -0.05) is 171 Å². The normalized spacial score (nSPS) is 14.2. The number of aromatic nitrogens is 1. The van der Waals surface area contributed by atoms with Gasteiger partial charge in [0.2, 0.25) is 0 Å². The van der Waals surface area contributed by atoms with E-state index in [4.69, 9.17) is 0 Å². The molecule has 0 saturated heterocycles. The molecule has 0 unspecified atom stereocenters. The first kappa shape index (κ1) is 45.9. The lowest BCUT2D eigenvalue weighted by Gasteiger charge is -2.31. The molecule has 2 heterocycles. The number of anilines is 7. The van der Waals surface area contributed by atoms with Crippen LogP contribution >= 0.6 is 0 Å². The van der Waals surface area contributed by atoms with Gasteiger partial charge in [0, 0.05) is 73.3 Å². The molecule has 0 spiro atoms. The molecule has 4 nitrogen and oxygen atoms in total. The quantitative estimate of drug-likeness (QED) is 0.128. The second-order valence-corrected chi connectivity index (χ2v) is 19.5. The summed E-state index contributed by atoms with van der Waals surface area (Å²) in [6.07, 6.45) is 14.4. The molecule has 362 valence electrons. The fraction of sp³-hybridized carbons (Fsp3) is 0.0278. The van der Waals surface area contributed by atoms with Gasteiger partial charge in [-0.15, -0.1) is 0 Å². The van der Waals surface area contributed by atoms with E-state index in [0.717, 1.165) is 86.1 Å². The highest BCUT2D eigenvalue weighted by atomic mass is 15.2. The maximum absolute atomic E-state index is 4.62. The molecule has 0 bridgehead atoms. The van der Waals surface area contributed by atoms with E-state index in [1.54, 1.807) is 0 Å². The topological polar surface area (TPSA) is 14.7 Å². The summed E-state index contributed by atoms with van der Waals surface area (Å²) >= 11 is 0. The van der Waals surface area contributed by atoms with Crippen LogP contribution in [0.15, 0.2) is 286 Å². The fourth-order valence-corrected chi connectivity index (χ4v) is 11.4. The Morgan fingerprint density at radius 2 is 1.04 bits per heavy atom. The van der Waals surface area contributed by atoms with Crippen LogP contribution in [-0.2, 0) is 6.42 Å². The average Bonchev–Trinajstić information content (AvgIpc) is 3.83. The summed E-state index contributed by atoms with van der Waals surface area (Å²) in [5, 5.41) is 6.01. The minimum Gasteiger partial charge on any atom is -0.317 e. The van der Waals surface area contributed by atoms with Gasteiger partial charge >= 0.3 is 0 Å². The van der Waals surface area contributed by atoms with Crippen molar-refractivity contribution < 1.29 is 0 Å². The third kappa shape index (κ3) is 8.23. The third-order valence-corrected chi connectivity index (χ3v) is 15.1. The minimum atomic E-state index is 0.872. The van der Waals surface area contributed by atoms with Gasteiger partial charge in [-0.05, 0) is 161 Å². The van der Waals surface area contributed by atoms with Crippen LogP contribution in [0.2, 0.25) is 0 Å². The number of para-hydroxylation sites is 2. The molecule has 10 aromatic carbocycles. The van der Waals surface area contributed by atoms with E-state index in [1.807, 2.05) is 12.2 Å². The zero-order valence-electron chi connectivity index (χ0n) is 42.2. The summed E-state index contributed by atoms with van der Waals surface area (Å²) in [4.78, 5) is 7.10. The number of hydrogen-bond acceptors (Lipinski definition) is 3. The summed E-state index contributed by atoms with van der Waals surface area (Å²) in [5.74, 6) is 0. The molecule has 2 aliphatic rings. The number of benzene rings is 10. The average molecular weight is 975 g/mol. The highest BCUT2D eigenvalue weighted by molar-refractivity contribution is 6.02. The van der Waals surface area contributed by atoms with Crippen molar-refractivity contribution in [3.05, 3.63) is 308 Å². The lowest BCUT2D eigenvalue weighted by molar-refractivity contribution is 0.839. The SMILES string of the molecule is C=CC1=C/C(=C)c2cc(N(c3ccc(-c4ccc(N(C5=Cc6c(n(-c7ccccc7)c7ccc(C=C)cc67)CC5)c5cccc6ccccc56)cc4)cc3)c3cccc4ccccc34)ccc2N(c2ccccc2)/C=C\1. The van der Waals surface area contributed by atoms with Crippen LogP contribution in [0.1, 0.15) is 28.8 Å². The van der Waals surface area contributed by atoms with Gasteiger partial charge in [-0.3, -0.25) is 0 Å². The largest absolute Gasteiger partial charge is 0.317 e. The second kappa shape index (κ2) is 19.5. The summed E-state index contributed by atoms with van der Waals surface area (Å²) in [6, 6.07) is 83.4. The predicted octanol–water partition coefficient (Wildman–Crippen LogP) is 19.6. The predicted molar refractivity (Wildman–Crippen MR) is 325 cm³/mol. The Bertz CT molecular complexity index is 4140. The van der Waals surface area contributed by atoms with Gasteiger partial charge in [-0.25, -0.2) is 0 Å². The van der Waals surface area contributed by atoms with Crippen molar-refractivity contribution in [2.24, 2.45) is 0 Å². The number of hydrogen-bond donors (Lipinski definition) is 0. The smallest absolute Gasteiger partial charge is 0.0540 e. The molecule has 0 amide bonds. The van der Waals surface area contributed by atoms with E-state index >= 15 is 0 Å². The summed E-state index contributed by atoms with van der Waals surface area (Å²) in [5.41, 5.74) is 20.1. The molecule has 1 aromatic heterocycles. The molecular formula is C72H54N4. The molecule has 13 rings (SSSR count). The van der Waals surface area contributed by atoms with Crippen LogP contribution in [0.3, 0.4) is 0 Å². The van der Waals surface area contributed by atoms with E-state index in [-0.39, 0.29) is 0 Å². The van der Waals surface area contributed by atoms with Gasteiger partial charge < -0.3 is 19.3 Å². The summed E-state index contributed by atoms with van der Waals surface area (Å²) in [7, 11) is 0. The van der Waals surface area contributed by atoms with Crippen molar-refractivity contribution in [1.82, 2.24) is 4.57 Å². The van der Waals surface area contributed by atoms with Crippen LogP contribution in [0.5, 0.6) is 0 Å². The molecule has 76 heavy (non-hydrogen) atoms. The van der Waals surface area contributed by atoms with Crippen LogP contribution in [0.4, 0.5) is 39.8 Å². The van der Waals surface area contributed by atoms with Crippen molar-refractivity contribution in [3.63, 3.8) is 0 Å². The van der Waals surface area contributed by atoms with Gasteiger partial charge in [0.25, 0.3) is 0 Å². The highest BCUT2D eigenvalue weighted by Gasteiger charge is 2.27. The van der Waals surface area contributed by atoms with E-state index in [1.165, 1.54) is 55.1 Å². The van der Waals surface area contributed by atoms with Crippen LogP contribution in [-0.4, -0.2) is 4.57 Å². The Hall–Kier alpha value is -9.90. The number of nitrogens with zero attached hydrogens (tertiary/aromatic N) is 4. The van der Waals surface area contributed by atoms with E-state index in [9.17, 15) is 0 Å². The molecule has 0 N–H and O–H groups in total. The molecule has 1 aliphatic carbocycles. The minimum absolute atomic E-state index is 0.872.